The lowest BCUT2D eigenvalue weighted by Crippen LogP contribution is -2.50. The van der Waals surface area contributed by atoms with Crippen molar-refractivity contribution in [2.75, 3.05) is 32.8 Å². The van der Waals surface area contributed by atoms with Crippen LogP contribution in [0.2, 0.25) is 0 Å². The first-order chi connectivity index (χ1) is 7.77. The fourth-order valence-electron chi connectivity index (χ4n) is 2.25. The predicted molar refractivity (Wildman–Crippen MR) is 62.1 cm³/mol. The van der Waals surface area contributed by atoms with Gasteiger partial charge in [0.05, 0.1) is 6.61 Å². The highest BCUT2D eigenvalue weighted by molar-refractivity contribution is 5.78. The van der Waals surface area contributed by atoms with E-state index in [1.807, 2.05) is 6.92 Å². The van der Waals surface area contributed by atoms with Gasteiger partial charge in [0.2, 0.25) is 5.91 Å². The number of hydrogen-bond acceptors (Lipinski definition) is 3. The molecule has 0 spiro atoms. The van der Waals surface area contributed by atoms with E-state index in [9.17, 15) is 4.79 Å². The summed E-state index contributed by atoms with van der Waals surface area (Å²) in [7, 11) is 0. The van der Waals surface area contributed by atoms with Crippen molar-refractivity contribution in [3.05, 3.63) is 0 Å². The third-order valence-corrected chi connectivity index (χ3v) is 3.75. The van der Waals surface area contributed by atoms with Crippen LogP contribution < -0.4 is 10.6 Å². The first-order valence-corrected chi connectivity index (χ1v) is 6.33. The van der Waals surface area contributed by atoms with Gasteiger partial charge >= 0.3 is 0 Å². The molecule has 2 saturated heterocycles. The van der Waals surface area contributed by atoms with E-state index in [4.69, 9.17) is 4.74 Å². The van der Waals surface area contributed by atoms with Crippen LogP contribution in [0.3, 0.4) is 0 Å². The van der Waals surface area contributed by atoms with Crippen molar-refractivity contribution < 1.29 is 9.53 Å². The summed E-state index contributed by atoms with van der Waals surface area (Å²) in [6.45, 7) is 6.47. The molecule has 4 nitrogen and oxygen atoms in total. The lowest BCUT2D eigenvalue weighted by Gasteiger charge is -2.32. The van der Waals surface area contributed by atoms with Crippen LogP contribution in [0.25, 0.3) is 0 Å². The topological polar surface area (TPSA) is 50.4 Å². The molecule has 4 heteroatoms. The van der Waals surface area contributed by atoms with Crippen LogP contribution in [0.1, 0.15) is 19.8 Å². The van der Waals surface area contributed by atoms with Crippen molar-refractivity contribution in [2.24, 2.45) is 17.8 Å². The van der Waals surface area contributed by atoms with Crippen LogP contribution in [0.5, 0.6) is 0 Å². The molecule has 2 aliphatic heterocycles. The second-order valence-corrected chi connectivity index (χ2v) is 5.04. The summed E-state index contributed by atoms with van der Waals surface area (Å²) >= 11 is 0. The fraction of sp³-hybridized carbons (Fsp3) is 0.917. The van der Waals surface area contributed by atoms with Gasteiger partial charge in [0, 0.05) is 19.1 Å². The predicted octanol–water partition coefficient (Wildman–Crippen LogP) is 0.385. The molecule has 2 heterocycles. The third-order valence-electron chi connectivity index (χ3n) is 3.75. The molecule has 2 atom stereocenters. The quantitative estimate of drug-likeness (QED) is 0.729. The Bertz CT molecular complexity index is 235. The molecule has 0 aromatic rings. The lowest BCUT2D eigenvalue weighted by atomic mass is 9.88. The molecule has 92 valence electrons. The van der Waals surface area contributed by atoms with Crippen LogP contribution in [0.15, 0.2) is 0 Å². The number of rotatable bonds is 4. The molecule has 2 N–H and O–H groups in total. The summed E-state index contributed by atoms with van der Waals surface area (Å²) < 4.78 is 5.39. The van der Waals surface area contributed by atoms with Gasteiger partial charge in [0.15, 0.2) is 0 Å². The van der Waals surface area contributed by atoms with Crippen LogP contribution in [0, 0.1) is 17.8 Å². The molecule has 2 fully saturated rings. The standard InChI is InChI=1S/C12H22N2O2/c1-9(11-6-13-7-11)12(15)14-5-10-3-2-4-16-8-10/h9-11,13H,2-8H2,1H3,(H,14,15). The maximum absolute atomic E-state index is 11.8. The largest absolute Gasteiger partial charge is 0.381 e. The molecule has 0 aromatic heterocycles. The van der Waals surface area contributed by atoms with E-state index < -0.39 is 0 Å². The minimum absolute atomic E-state index is 0.144. The van der Waals surface area contributed by atoms with Crippen molar-refractivity contribution in [3.63, 3.8) is 0 Å². The summed E-state index contributed by atoms with van der Waals surface area (Å²) in [5.74, 6) is 1.40. The van der Waals surface area contributed by atoms with Crippen molar-refractivity contribution in [3.8, 4) is 0 Å². The average molecular weight is 226 g/mol. The maximum Gasteiger partial charge on any atom is 0.223 e. The minimum atomic E-state index is 0.144. The van der Waals surface area contributed by atoms with Crippen molar-refractivity contribution in [1.29, 1.82) is 0 Å². The smallest absolute Gasteiger partial charge is 0.223 e. The van der Waals surface area contributed by atoms with Crippen molar-refractivity contribution in [1.82, 2.24) is 10.6 Å². The first-order valence-electron chi connectivity index (χ1n) is 6.33. The minimum Gasteiger partial charge on any atom is -0.381 e. The van der Waals surface area contributed by atoms with Crippen molar-refractivity contribution in [2.45, 2.75) is 19.8 Å². The molecule has 2 rings (SSSR count). The molecule has 16 heavy (non-hydrogen) atoms. The molecule has 0 saturated carbocycles. The fourth-order valence-corrected chi connectivity index (χ4v) is 2.25. The van der Waals surface area contributed by atoms with E-state index >= 15 is 0 Å². The Kier molecular flexibility index (Phi) is 4.18. The van der Waals surface area contributed by atoms with Crippen LogP contribution in [-0.2, 0) is 9.53 Å². The highest BCUT2D eigenvalue weighted by Crippen LogP contribution is 2.17. The van der Waals surface area contributed by atoms with Gasteiger partial charge in [-0.15, -0.1) is 0 Å². The zero-order chi connectivity index (χ0) is 11.4. The zero-order valence-corrected chi connectivity index (χ0v) is 10.00. The Balaban J connectivity index is 1.65. The SMILES string of the molecule is CC(C(=O)NCC1CCCOC1)C1CNC1. The number of nitrogens with one attached hydrogen (secondary N) is 2. The lowest BCUT2D eigenvalue weighted by molar-refractivity contribution is -0.127. The van der Waals surface area contributed by atoms with Gasteiger partial charge in [0.25, 0.3) is 0 Å². The highest BCUT2D eigenvalue weighted by Gasteiger charge is 2.28. The molecular formula is C12H22N2O2. The number of carbonyl (C=O) groups excluding carboxylic acids is 1. The van der Waals surface area contributed by atoms with Gasteiger partial charge in [-0.3, -0.25) is 4.79 Å². The number of amides is 1. The first kappa shape index (κ1) is 11.9. The van der Waals surface area contributed by atoms with Gasteiger partial charge < -0.3 is 15.4 Å². The normalized spacial score (nSPS) is 28.2. The summed E-state index contributed by atoms with van der Waals surface area (Å²) in [4.78, 5) is 11.8. The summed E-state index contributed by atoms with van der Waals surface area (Å²) in [6.07, 6.45) is 2.31. The Morgan fingerprint density at radius 2 is 2.38 bits per heavy atom. The van der Waals surface area contributed by atoms with E-state index in [0.717, 1.165) is 39.3 Å². The molecule has 0 radical (unpaired) electrons. The van der Waals surface area contributed by atoms with E-state index in [-0.39, 0.29) is 11.8 Å². The molecule has 2 aliphatic rings. The molecule has 0 bridgehead atoms. The van der Waals surface area contributed by atoms with Gasteiger partial charge in [-0.2, -0.15) is 0 Å². The van der Waals surface area contributed by atoms with E-state index in [1.165, 1.54) is 6.42 Å². The van der Waals surface area contributed by atoms with Gasteiger partial charge in [-0.25, -0.2) is 0 Å². The van der Waals surface area contributed by atoms with Gasteiger partial charge in [-0.1, -0.05) is 6.92 Å². The average Bonchev–Trinajstić information content (AvgIpc) is 2.25. The summed E-state index contributed by atoms with van der Waals surface area (Å²) in [5.41, 5.74) is 0. The second kappa shape index (κ2) is 5.64. The van der Waals surface area contributed by atoms with Gasteiger partial charge in [-0.05, 0) is 37.8 Å². The van der Waals surface area contributed by atoms with Crippen LogP contribution >= 0.6 is 0 Å². The summed E-state index contributed by atoms with van der Waals surface area (Å²) in [6, 6.07) is 0. The van der Waals surface area contributed by atoms with Crippen LogP contribution in [-0.4, -0.2) is 38.8 Å². The molecular weight excluding hydrogens is 204 g/mol. The monoisotopic (exact) mass is 226 g/mol. The summed E-state index contributed by atoms with van der Waals surface area (Å²) in [5, 5.41) is 6.26. The number of carbonyl (C=O) groups is 1. The van der Waals surface area contributed by atoms with Crippen molar-refractivity contribution >= 4 is 5.91 Å². The van der Waals surface area contributed by atoms with E-state index in [1.54, 1.807) is 0 Å². The van der Waals surface area contributed by atoms with E-state index in [2.05, 4.69) is 10.6 Å². The molecule has 2 unspecified atom stereocenters. The number of hydrogen-bond donors (Lipinski definition) is 2. The Morgan fingerprint density at radius 1 is 1.56 bits per heavy atom. The molecule has 0 aliphatic carbocycles. The van der Waals surface area contributed by atoms with E-state index in [0.29, 0.717) is 11.8 Å². The Morgan fingerprint density at radius 3 is 2.94 bits per heavy atom. The molecule has 0 aromatic carbocycles. The molecule has 1 amide bonds. The Hall–Kier alpha value is -0.610. The third kappa shape index (κ3) is 2.95. The number of ether oxygens (including phenoxy) is 1. The Labute approximate surface area is 97.1 Å². The zero-order valence-electron chi connectivity index (χ0n) is 10.00. The second-order valence-electron chi connectivity index (χ2n) is 5.04. The van der Waals surface area contributed by atoms with Crippen LogP contribution in [0.4, 0.5) is 0 Å². The maximum atomic E-state index is 11.8. The highest BCUT2D eigenvalue weighted by atomic mass is 16.5. The van der Waals surface area contributed by atoms with Gasteiger partial charge in [0.1, 0.15) is 0 Å².